The van der Waals surface area contributed by atoms with E-state index in [4.69, 9.17) is 0 Å². The number of halogens is 1. The van der Waals surface area contributed by atoms with E-state index in [0.29, 0.717) is 13.1 Å². The SMILES string of the molecule is CN(C)CCNC(=O)C1CCN(Cc2cc3ccccc3n2Cc2cccc(F)c2)CC1. The van der Waals surface area contributed by atoms with Gasteiger partial charge in [-0.25, -0.2) is 4.39 Å². The Morgan fingerprint density at radius 3 is 2.59 bits per heavy atom. The standard InChI is InChI=1S/C26H33FN4O/c1-29(2)15-12-28-26(32)21-10-13-30(14-11-21)19-24-17-22-7-3-4-9-25(22)31(24)18-20-6-5-8-23(27)16-20/h3-9,16-17,21H,10-15,18-19H2,1-2H3,(H,28,32). The fourth-order valence-electron chi connectivity index (χ4n) is 4.53. The Morgan fingerprint density at radius 1 is 1.06 bits per heavy atom. The Bertz CT molecular complexity index is 1050. The maximum absolute atomic E-state index is 13.7. The molecule has 4 rings (SSSR count). The summed E-state index contributed by atoms with van der Waals surface area (Å²) in [5.74, 6) is 0.0877. The quantitative estimate of drug-likeness (QED) is 0.585. The number of carbonyl (C=O) groups excluding carboxylic acids is 1. The van der Waals surface area contributed by atoms with Gasteiger partial charge in [0.25, 0.3) is 0 Å². The highest BCUT2D eigenvalue weighted by Gasteiger charge is 2.25. The molecule has 1 amide bonds. The lowest BCUT2D eigenvalue weighted by atomic mass is 9.96. The molecule has 3 aromatic rings. The predicted octanol–water partition coefficient (Wildman–Crippen LogP) is 3.72. The second kappa shape index (κ2) is 10.3. The summed E-state index contributed by atoms with van der Waals surface area (Å²) in [6.07, 6.45) is 1.77. The van der Waals surface area contributed by atoms with Crippen LogP contribution >= 0.6 is 0 Å². The number of carbonyl (C=O) groups is 1. The van der Waals surface area contributed by atoms with Crippen LogP contribution in [0.5, 0.6) is 0 Å². The summed E-state index contributed by atoms with van der Waals surface area (Å²) in [7, 11) is 4.02. The van der Waals surface area contributed by atoms with Gasteiger partial charge in [-0.15, -0.1) is 0 Å². The van der Waals surface area contributed by atoms with E-state index in [9.17, 15) is 9.18 Å². The summed E-state index contributed by atoms with van der Waals surface area (Å²) in [4.78, 5) is 17.0. The molecule has 0 unspecified atom stereocenters. The first kappa shape index (κ1) is 22.5. The summed E-state index contributed by atoms with van der Waals surface area (Å²) in [6, 6.07) is 17.4. The normalized spacial score (nSPS) is 15.5. The van der Waals surface area contributed by atoms with E-state index in [1.165, 1.54) is 22.7 Å². The number of piperidine rings is 1. The van der Waals surface area contributed by atoms with E-state index in [-0.39, 0.29) is 17.6 Å². The Labute approximate surface area is 189 Å². The van der Waals surface area contributed by atoms with Crippen LogP contribution in [-0.2, 0) is 17.9 Å². The van der Waals surface area contributed by atoms with Gasteiger partial charge in [0, 0.05) is 43.3 Å². The fourth-order valence-corrected chi connectivity index (χ4v) is 4.53. The molecule has 32 heavy (non-hydrogen) atoms. The van der Waals surface area contributed by atoms with Crippen molar-refractivity contribution in [2.24, 2.45) is 5.92 Å². The topological polar surface area (TPSA) is 40.5 Å². The lowest BCUT2D eigenvalue weighted by Crippen LogP contribution is -2.41. The Hall–Kier alpha value is -2.70. The molecule has 1 aromatic heterocycles. The van der Waals surface area contributed by atoms with Crippen LogP contribution in [0.3, 0.4) is 0 Å². The van der Waals surface area contributed by atoms with Gasteiger partial charge in [0.2, 0.25) is 5.91 Å². The number of nitrogens with zero attached hydrogens (tertiary/aromatic N) is 3. The molecule has 0 aliphatic carbocycles. The van der Waals surface area contributed by atoms with Crippen LogP contribution in [0.1, 0.15) is 24.1 Å². The lowest BCUT2D eigenvalue weighted by molar-refractivity contribution is -0.126. The van der Waals surface area contributed by atoms with Crippen LogP contribution in [0.4, 0.5) is 4.39 Å². The second-order valence-electron chi connectivity index (χ2n) is 9.06. The van der Waals surface area contributed by atoms with Crippen LogP contribution in [0.25, 0.3) is 10.9 Å². The molecule has 0 radical (unpaired) electrons. The number of likely N-dealkylation sites (tertiary alicyclic amines) is 1. The van der Waals surface area contributed by atoms with Gasteiger partial charge < -0.3 is 14.8 Å². The van der Waals surface area contributed by atoms with Crippen LogP contribution in [-0.4, -0.2) is 60.5 Å². The van der Waals surface area contributed by atoms with E-state index in [0.717, 1.165) is 44.6 Å². The van der Waals surface area contributed by atoms with Crippen molar-refractivity contribution in [3.63, 3.8) is 0 Å². The Balaban J connectivity index is 1.42. The fraction of sp³-hybridized carbons (Fsp3) is 0.423. The van der Waals surface area contributed by atoms with E-state index in [1.807, 2.05) is 20.2 Å². The molecule has 5 nitrogen and oxygen atoms in total. The van der Waals surface area contributed by atoms with E-state index in [1.54, 1.807) is 12.1 Å². The van der Waals surface area contributed by atoms with Crippen molar-refractivity contribution in [2.45, 2.75) is 25.9 Å². The van der Waals surface area contributed by atoms with Gasteiger partial charge in [-0.3, -0.25) is 9.69 Å². The molecule has 0 bridgehead atoms. The maximum Gasteiger partial charge on any atom is 0.223 e. The van der Waals surface area contributed by atoms with Gasteiger partial charge in [0.1, 0.15) is 5.82 Å². The lowest BCUT2D eigenvalue weighted by Gasteiger charge is -2.31. The number of likely N-dealkylation sites (N-methyl/N-ethyl adjacent to an activating group) is 1. The summed E-state index contributed by atoms with van der Waals surface area (Å²) in [5.41, 5.74) is 3.35. The van der Waals surface area contributed by atoms with Crippen LogP contribution in [0.15, 0.2) is 54.6 Å². The highest BCUT2D eigenvalue weighted by Crippen LogP contribution is 2.25. The summed E-state index contributed by atoms with van der Waals surface area (Å²) >= 11 is 0. The predicted molar refractivity (Wildman–Crippen MR) is 127 cm³/mol. The summed E-state index contributed by atoms with van der Waals surface area (Å²) < 4.78 is 16.0. The third-order valence-electron chi connectivity index (χ3n) is 6.33. The van der Waals surface area contributed by atoms with Crippen molar-refractivity contribution in [1.82, 2.24) is 19.7 Å². The zero-order valence-corrected chi connectivity index (χ0v) is 19.1. The number of rotatable bonds is 8. The third kappa shape index (κ3) is 5.56. The molecule has 1 saturated heterocycles. The summed E-state index contributed by atoms with van der Waals surface area (Å²) in [5, 5.41) is 4.28. The minimum atomic E-state index is -0.202. The van der Waals surface area contributed by atoms with Crippen molar-refractivity contribution in [2.75, 3.05) is 40.3 Å². The monoisotopic (exact) mass is 436 g/mol. The van der Waals surface area contributed by atoms with Crippen molar-refractivity contribution >= 4 is 16.8 Å². The van der Waals surface area contributed by atoms with E-state index in [2.05, 4.69) is 50.0 Å². The zero-order valence-electron chi connectivity index (χ0n) is 19.1. The van der Waals surface area contributed by atoms with Crippen molar-refractivity contribution in [3.05, 3.63) is 71.7 Å². The van der Waals surface area contributed by atoms with Gasteiger partial charge >= 0.3 is 0 Å². The number of hydrogen-bond donors (Lipinski definition) is 1. The molecule has 1 aliphatic rings. The largest absolute Gasteiger partial charge is 0.355 e. The first-order valence-corrected chi connectivity index (χ1v) is 11.5. The number of para-hydroxylation sites is 1. The molecule has 0 atom stereocenters. The molecule has 2 heterocycles. The van der Waals surface area contributed by atoms with Crippen molar-refractivity contribution < 1.29 is 9.18 Å². The summed E-state index contributed by atoms with van der Waals surface area (Å²) in [6.45, 7) is 4.86. The highest BCUT2D eigenvalue weighted by atomic mass is 19.1. The maximum atomic E-state index is 13.7. The first-order chi connectivity index (χ1) is 15.5. The van der Waals surface area contributed by atoms with Gasteiger partial charge in [-0.2, -0.15) is 0 Å². The second-order valence-corrected chi connectivity index (χ2v) is 9.06. The minimum Gasteiger partial charge on any atom is -0.355 e. The molecular weight excluding hydrogens is 403 g/mol. The molecule has 170 valence electrons. The Kier molecular flexibility index (Phi) is 7.22. The molecular formula is C26H33FN4O. The molecule has 1 aliphatic heterocycles. The first-order valence-electron chi connectivity index (χ1n) is 11.5. The van der Waals surface area contributed by atoms with Gasteiger partial charge in [-0.1, -0.05) is 30.3 Å². The number of benzene rings is 2. The van der Waals surface area contributed by atoms with Gasteiger partial charge in [0.15, 0.2) is 0 Å². The van der Waals surface area contributed by atoms with Gasteiger partial charge in [-0.05, 0) is 75.2 Å². The highest BCUT2D eigenvalue weighted by molar-refractivity contribution is 5.81. The number of aromatic nitrogens is 1. The average Bonchev–Trinajstić information content (AvgIpc) is 3.11. The van der Waals surface area contributed by atoms with Crippen LogP contribution in [0, 0.1) is 11.7 Å². The number of hydrogen-bond acceptors (Lipinski definition) is 3. The zero-order chi connectivity index (χ0) is 22.5. The minimum absolute atomic E-state index is 0.103. The molecule has 1 fully saturated rings. The van der Waals surface area contributed by atoms with Crippen LogP contribution in [0.2, 0.25) is 0 Å². The molecule has 0 saturated carbocycles. The van der Waals surface area contributed by atoms with E-state index >= 15 is 0 Å². The number of nitrogens with one attached hydrogen (secondary N) is 1. The molecule has 1 N–H and O–H groups in total. The van der Waals surface area contributed by atoms with Crippen LogP contribution < -0.4 is 5.32 Å². The van der Waals surface area contributed by atoms with Crippen molar-refractivity contribution in [3.8, 4) is 0 Å². The third-order valence-corrected chi connectivity index (χ3v) is 6.33. The number of fused-ring (bicyclic) bond motifs is 1. The van der Waals surface area contributed by atoms with Gasteiger partial charge in [0.05, 0.1) is 0 Å². The number of amides is 1. The molecule has 2 aromatic carbocycles. The average molecular weight is 437 g/mol. The van der Waals surface area contributed by atoms with Crippen molar-refractivity contribution in [1.29, 1.82) is 0 Å². The Morgan fingerprint density at radius 2 is 1.84 bits per heavy atom. The van der Waals surface area contributed by atoms with E-state index < -0.39 is 0 Å². The smallest absolute Gasteiger partial charge is 0.223 e. The molecule has 0 spiro atoms. The molecule has 6 heteroatoms.